The Morgan fingerprint density at radius 2 is 1.95 bits per heavy atom. The quantitative estimate of drug-likeness (QED) is 0.250. The molecule has 1 saturated carbocycles. The number of aliphatic hydroxyl groups excluding tert-OH is 1. The van der Waals surface area contributed by atoms with Gasteiger partial charge in [0.15, 0.2) is 6.29 Å². The first-order chi connectivity index (χ1) is 18.8. The van der Waals surface area contributed by atoms with Crippen LogP contribution in [0.3, 0.4) is 0 Å². The third-order valence-electron chi connectivity index (χ3n) is 6.95. The van der Waals surface area contributed by atoms with E-state index in [1.807, 2.05) is 0 Å². The molecule has 2 fully saturated rings. The summed E-state index contributed by atoms with van der Waals surface area (Å²) in [6, 6.07) is 5.45. The second-order valence-electron chi connectivity index (χ2n) is 10.9. The third kappa shape index (κ3) is 5.82. The maximum atomic E-state index is 13.5. The van der Waals surface area contributed by atoms with Crippen LogP contribution in [0.15, 0.2) is 36.9 Å². The van der Waals surface area contributed by atoms with Gasteiger partial charge in [-0.15, -0.1) is 6.58 Å². The normalized spacial score (nSPS) is 24.0. The Bertz CT molecular complexity index is 1320. The van der Waals surface area contributed by atoms with Gasteiger partial charge in [-0.3, -0.25) is 9.69 Å². The van der Waals surface area contributed by atoms with Crippen molar-refractivity contribution in [2.45, 2.75) is 63.2 Å². The van der Waals surface area contributed by atoms with Crippen LogP contribution in [-0.4, -0.2) is 82.1 Å². The number of carbonyl (C=O) groups is 3. The van der Waals surface area contributed by atoms with E-state index in [-0.39, 0.29) is 30.3 Å². The molecule has 0 bridgehead atoms. The largest absolute Gasteiger partial charge is 0.497 e. The molecule has 0 spiro atoms. The Balaban J connectivity index is 1.64. The predicted octanol–water partition coefficient (Wildman–Crippen LogP) is 2.22. The summed E-state index contributed by atoms with van der Waals surface area (Å²) in [7, 11) is 2.74. The number of methoxy groups -OCH3 is 2. The topological polar surface area (TPSA) is 157 Å². The molecule has 1 unspecified atom stereocenters. The first kappa shape index (κ1) is 29.1. The summed E-state index contributed by atoms with van der Waals surface area (Å²) in [5.41, 5.74) is -1.70. The van der Waals surface area contributed by atoms with Crippen LogP contribution in [0, 0.1) is 5.92 Å². The second kappa shape index (κ2) is 10.9. The maximum absolute atomic E-state index is 13.5. The Morgan fingerprint density at radius 3 is 2.52 bits per heavy atom. The summed E-state index contributed by atoms with van der Waals surface area (Å²) in [6.45, 7) is 8.87. The SMILES string of the molecule is C=C[C@H]1C[C@]1(NC(=O)[C@@H]1CC(Oc2cc(C(O)O)nc3cc(OC)ccc23)CN1C(=O)OC(C)(C)C)C(=O)OC. The molecular formula is C28H35N3O9. The van der Waals surface area contributed by atoms with E-state index in [0.717, 1.165) is 0 Å². The number of ether oxygens (including phenoxy) is 4. The van der Waals surface area contributed by atoms with E-state index >= 15 is 0 Å². The van der Waals surface area contributed by atoms with Gasteiger partial charge in [0.25, 0.3) is 0 Å². The summed E-state index contributed by atoms with van der Waals surface area (Å²) in [6.07, 6.45) is -1.24. The minimum absolute atomic E-state index is 0.0000931. The van der Waals surface area contributed by atoms with Crippen molar-refractivity contribution in [2.75, 3.05) is 20.8 Å². The summed E-state index contributed by atoms with van der Waals surface area (Å²) < 4.78 is 22.0. The van der Waals surface area contributed by atoms with Crippen molar-refractivity contribution in [1.82, 2.24) is 15.2 Å². The van der Waals surface area contributed by atoms with Crippen LogP contribution < -0.4 is 14.8 Å². The number of hydrogen-bond donors (Lipinski definition) is 3. The van der Waals surface area contributed by atoms with Gasteiger partial charge >= 0.3 is 12.1 Å². The van der Waals surface area contributed by atoms with Gasteiger partial charge in [0.05, 0.1) is 26.3 Å². The number of aliphatic hydroxyl groups is 2. The number of pyridine rings is 1. The Labute approximate surface area is 231 Å². The lowest BCUT2D eigenvalue weighted by molar-refractivity contribution is -0.147. The average molecular weight is 558 g/mol. The first-order valence-electron chi connectivity index (χ1n) is 12.9. The molecule has 216 valence electrons. The van der Waals surface area contributed by atoms with Crippen molar-refractivity contribution >= 4 is 28.9 Å². The fourth-order valence-corrected chi connectivity index (χ4v) is 4.87. The highest BCUT2D eigenvalue weighted by Gasteiger charge is 2.62. The van der Waals surface area contributed by atoms with E-state index in [0.29, 0.717) is 23.1 Å². The first-order valence-corrected chi connectivity index (χ1v) is 12.9. The van der Waals surface area contributed by atoms with E-state index in [2.05, 4.69) is 16.9 Å². The second-order valence-corrected chi connectivity index (χ2v) is 10.9. The van der Waals surface area contributed by atoms with Gasteiger partial charge in [0.1, 0.15) is 40.5 Å². The summed E-state index contributed by atoms with van der Waals surface area (Å²) in [5.74, 6) is -0.639. The Hall–Kier alpha value is -3.90. The molecule has 4 atom stereocenters. The predicted molar refractivity (Wildman–Crippen MR) is 142 cm³/mol. The van der Waals surface area contributed by atoms with Gasteiger partial charge in [-0.1, -0.05) is 6.08 Å². The molecule has 12 nitrogen and oxygen atoms in total. The van der Waals surface area contributed by atoms with E-state index < -0.39 is 47.5 Å². The molecule has 2 amide bonds. The molecule has 4 rings (SSSR count). The number of hydrogen-bond acceptors (Lipinski definition) is 10. The number of nitrogens with zero attached hydrogens (tertiary/aromatic N) is 2. The van der Waals surface area contributed by atoms with Crippen LogP contribution >= 0.6 is 0 Å². The Kier molecular flexibility index (Phi) is 7.95. The zero-order chi connectivity index (χ0) is 29.4. The smallest absolute Gasteiger partial charge is 0.411 e. The van der Waals surface area contributed by atoms with Gasteiger partial charge in [0.2, 0.25) is 5.91 Å². The fraction of sp³-hybridized carbons (Fsp3) is 0.500. The van der Waals surface area contributed by atoms with Crippen molar-refractivity contribution in [3.05, 3.63) is 42.6 Å². The van der Waals surface area contributed by atoms with Crippen LogP contribution in [-0.2, 0) is 19.1 Å². The number of aromatic nitrogens is 1. The number of likely N-dealkylation sites (tertiary alicyclic amines) is 1. The third-order valence-corrected chi connectivity index (χ3v) is 6.95. The molecule has 2 aromatic rings. The maximum Gasteiger partial charge on any atom is 0.411 e. The molecule has 1 aromatic carbocycles. The lowest BCUT2D eigenvalue weighted by atomic mass is 10.1. The highest BCUT2D eigenvalue weighted by Crippen LogP contribution is 2.45. The number of carbonyl (C=O) groups excluding carboxylic acids is 3. The van der Waals surface area contributed by atoms with E-state index in [1.165, 1.54) is 25.2 Å². The number of esters is 1. The molecule has 2 aliphatic rings. The van der Waals surface area contributed by atoms with E-state index in [4.69, 9.17) is 18.9 Å². The van der Waals surface area contributed by atoms with Gasteiger partial charge in [-0.2, -0.15) is 0 Å². The number of nitrogens with one attached hydrogen (secondary N) is 1. The van der Waals surface area contributed by atoms with E-state index in [9.17, 15) is 24.6 Å². The van der Waals surface area contributed by atoms with Gasteiger partial charge in [-0.25, -0.2) is 14.6 Å². The molecular weight excluding hydrogens is 522 g/mol. The molecule has 1 saturated heterocycles. The van der Waals surface area contributed by atoms with Crippen LogP contribution in [0.4, 0.5) is 4.79 Å². The van der Waals surface area contributed by atoms with Gasteiger partial charge in [0, 0.05) is 29.9 Å². The number of benzene rings is 1. The molecule has 0 radical (unpaired) electrons. The zero-order valence-corrected chi connectivity index (χ0v) is 23.2. The molecule has 3 N–H and O–H groups in total. The summed E-state index contributed by atoms with van der Waals surface area (Å²) >= 11 is 0. The lowest BCUT2D eigenvalue weighted by Crippen LogP contribution is -2.53. The molecule has 40 heavy (non-hydrogen) atoms. The standard InChI is InChI=1S/C28H35N3O9/c1-7-15-13-28(15,25(35)38-6)30-23(32)21-11-17(14-31(21)26(36)40-27(2,3)4)39-22-12-20(24(33)34)29-19-10-16(37-5)8-9-18(19)22/h7-10,12,15,17,21,24,33-34H,1,11,13-14H2,2-6H3,(H,30,32)/t15-,17?,21-,28+/m0/s1. The van der Waals surface area contributed by atoms with Crippen molar-refractivity contribution in [3.63, 3.8) is 0 Å². The number of rotatable bonds is 8. The van der Waals surface area contributed by atoms with Crippen LogP contribution in [0.25, 0.3) is 10.9 Å². The highest BCUT2D eigenvalue weighted by molar-refractivity contribution is 5.95. The van der Waals surface area contributed by atoms with Crippen LogP contribution in [0.5, 0.6) is 11.5 Å². The fourth-order valence-electron chi connectivity index (χ4n) is 4.87. The molecule has 1 aliphatic carbocycles. The average Bonchev–Trinajstić information content (AvgIpc) is 3.45. The minimum Gasteiger partial charge on any atom is -0.497 e. The summed E-state index contributed by atoms with van der Waals surface area (Å²) in [5, 5.41) is 22.9. The van der Waals surface area contributed by atoms with Crippen molar-refractivity contribution in [1.29, 1.82) is 0 Å². The monoisotopic (exact) mass is 557 g/mol. The molecule has 1 aliphatic heterocycles. The minimum atomic E-state index is -1.86. The van der Waals surface area contributed by atoms with Crippen molar-refractivity contribution in [2.24, 2.45) is 5.92 Å². The highest BCUT2D eigenvalue weighted by atomic mass is 16.6. The van der Waals surface area contributed by atoms with Crippen molar-refractivity contribution in [3.8, 4) is 11.5 Å². The van der Waals surface area contributed by atoms with Crippen molar-refractivity contribution < 1.29 is 43.5 Å². The molecule has 1 aromatic heterocycles. The number of fused-ring (bicyclic) bond motifs is 1. The van der Waals surface area contributed by atoms with E-state index in [1.54, 1.807) is 45.0 Å². The molecule has 2 heterocycles. The number of amides is 2. The van der Waals surface area contributed by atoms with Gasteiger partial charge in [-0.05, 0) is 39.3 Å². The summed E-state index contributed by atoms with van der Waals surface area (Å²) in [4.78, 5) is 44.8. The van der Waals surface area contributed by atoms with Crippen LogP contribution in [0.2, 0.25) is 0 Å². The zero-order valence-electron chi connectivity index (χ0n) is 23.2. The van der Waals surface area contributed by atoms with Crippen LogP contribution in [0.1, 0.15) is 45.6 Å². The Morgan fingerprint density at radius 1 is 1.23 bits per heavy atom. The lowest BCUT2D eigenvalue weighted by Gasteiger charge is -2.28. The molecule has 12 heteroatoms. The van der Waals surface area contributed by atoms with Gasteiger partial charge < -0.3 is 34.5 Å².